The van der Waals surface area contributed by atoms with Crippen molar-refractivity contribution >= 4 is 22.7 Å². The second kappa shape index (κ2) is 11.5. The van der Waals surface area contributed by atoms with Crippen LogP contribution in [0.1, 0.15) is 55.1 Å². The van der Waals surface area contributed by atoms with Crippen LogP contribution < -0.4 is 9.47 Å². The van der Waals surface area contributed by atoms with Crippen molar-refractivity contribution in [2.45, 2.75) is 52.2 Å². The summed E-state index contributed by atoms with van der Waals surface area (Å²) in [7, 11) is 0. The Bertz CT molecular complexity index is 1440. The molecule has 4 rings (SSSR count). The van der Waals surface area contributed by atoms with Gasteiger partial charge < -0.3 is 19.1 Å². The Labute approximate surface area is 221 Å². The van der Waals surface area contributed by atoms with Gasteiger partial charge in [-0.15, -0.1) is 0 Å². The molecule has 1 heterocycles. The molecule has 0 saturated heterocycles. The lowest BCUT2D eigenvalue weighted by molar-refractivity contribution is -0.152. The molecule has 0 aliphatic rings. The maximum atomic E-state index is 13.2. The number of carboxylic acids is 1. The molecule has 0 aliphatic carbocycles. The van der Waals surface area contributed by atoms with Crippen molar-refractivity contribution in [1.82, 2.24) is 4.57 Å². The first-order chi connectivity index (χ1) is 18.2. The molecule has 0 spiro atoms. The maximum Gasteiger partial charge on any atom is 0.347 e. The molecule has 0 fully saturated rings. The van der Waals surface area contributed by atoms with Gasteiger partial charge in [0.15, 0.2) is 11.4 Å². The first-order valence-corrected chi connectivity index (χ1v) is 12.8. The second-order valence-corrected chi connectivity index (χ2v) is 9.73. The Kier molecular flexibility index (Phi) is 8.15. The summed E-state index contributed by atoms with van der Waals surface area (Å²) in [5, 5.41) is 10.3. The van der Waals surface area contributed by atoms with E-state index in [0.717, 1.165) is 41.5 Å². The Morgan fingerprint density at radius 3 is 2.42 bits per heavy atom. The number of ketones is 1. The molecule has 38 heavy (non-hydrogen) atoms. The number of rotatable bonds is 12. The van der Waals surface area contributed by atoms with E-state index in [2.05, 4.69) is 11.5 Å². The number of halogens is 1. The van der Waals surface area contributed by atoms with Gasteiger partial charge in [-0.1, -0.05) is 19.4 Å². The van der Waals surface area contributed by atoms with Gasteiger partial charge in [0.05, 0.1) is 12.1 Å². The predicted molar refractivity (Wildman–Crippen MR) is 145 cm³/mol. The first kappa shape index (κ1) is 26.9. The minimum absolute atomic E-state index is 0.150. The number of carbonyl (C=O) groups is 2. The van der Waals surface area contributed by atoms with Gasteiger partial charge in [-0.25, -0.2) is 9.18 Å². The zero-order chi connectivity index (χ0) is 27.3. The molecule has 4 aromatic rings. The van der Waals surface area contributed by atoms with Crippen LogP contribution in [-0.4, -0.2) is 33.6 Å². The van der Waals surface area contributed by atoms with E-state index in [-0.39, 0.29) is 11.6 Å². The number of fused-ring (bicyclic) bond motifs is 1. The van der Waals surface area contributed by atoms with Gasteiger partial charge in [0, 0.05) is 29.3 Å². The van der Waals surface area contributed by atoms with Gasteiger partial charge in [-0.05, 0) is 92.9 Å². The zero-order valence-electron chi connectivity index (χ0n) is 21.9. The highest BCUT2D eigenvalue weighted by molar-refractivity contribution is 6.09. The molecule has 1 N–H and O–H groups in total. The summed E-state index contributed by atoms with van der Waals surface area (Å²) >= 11 is 0. The largest absolute Gasteiger partial charge is 0.493 e. The molecule has 0 atom stereocenters. The van der Waals surface area contributed by atoms with Crippen LogP contribution in [0.3, 0.4) is 0 Å². The molecule has 0 bridgehead atoms. The number of ether oxygens (including phenoxy) is 2. The lowest BCUT2D eigenvalue weighted by atomic mass is 9.99. The minimum Gasteiger partial charge on any atom is -0.493 e. The topological polar surface area (TPSA) is 77.8 Å². The van der Waals surface area contributed by atoms with Crippen molar-refractivity contribution in [2.75, 3.05) is 6.61 Å². The first-order valence-electron chi connectivity index (χ1n) is 12.8. The van der Waals surface area contributed by atoms with Crippen molar-refractivity contribution < 1.29 is 28.6 Å². The van der Waals surface area contributed by atoms with E-state index in [1.54, 1.807) is 12.1 Å². The van der Waals surface area contributed by atoms with Gasteiger partial charge in [0.2, 0.25) is 0 Å². The van der Waals surface area contributed by atoms with Crippen LogP contribution in [0.25, 0.3) is 10.9 Å². The lowest BCUT2D eigenvalue weighted by Gasteiger charge is -2.22. The number of carboxylic acid groups (broad SMARTS) is 1. The fourth-order valence-corrected chi connectivity index (χ4v) is 4.31. The molecule has 6 nitrogen and oxygen atoms in total. The molecule has 0 amide bonds. The second-order valence-electron chi connectivity index (χ2n) is 9.73. The molecular weight excluding hydrogens is 485 g/mol. The fourth-order valence-electron chi connectivity index (χ4n) is 4.31. The van der Waals surface area contributed by atoms with E-state index in [1.165, 1.54) is 38.1 Å². The number of hydrogen-bond acceptors (Lipinski definition) is 4. The summed E-state index contributed by atoms with van der Waals surface area (Å²) in [6, 6.07) is 18.6. The fraction of sp³-hybridized carbons (Fsp3) is 0.290. The number of hydrogen-bond donors (Lipinski definition) is 1. The highest BCUT2D eigenvalue weighted by Crippen LogP contribution is 2.30. The van der Waals surface area contributed by atoms with E-state index < -0.39 is 11.6 Å². The maximum absolute atomic E-state index is 13.2. The Hall–Kier alpha value is -4.13. The van der Waals surface area contributed by atoms with Gasteiger partial charge in [0.25, 0.3) is 0 Å². The summed E-state index contributed by atoms with van der Waals surface area (Å²) in [5.74, 6) is -0.263. The normalized spacial score (nSPS) is 11.5. The van der Waals surface area contributed by atoms with E-state index in [0.29, 0.717) is 30.0 Å². The number of nitrogens with zero attached hydrogens (tertiary/aromatic N) is 1. The van der Waals surface area contributed by atoms with Crippen molar-refractivity contribution in [3.05, 3.63) is 95.4 Å². The predicted octanol–water partition coefficient (Wildman–Crippen LogP) is 6.68. The van der Waals surface area contributed by atoms with Crippen LogP contribution in [0, 0.1) is 5.82 Å². The van der Waals surface area contributed by atoms with Gasteiger partial charge >= 0.3 is 5.97 Å². The SMILES string of the molecule is CCCc1cc(C(=O)c2ccc(F)cc2)ccc1OCCCn1ccc2c(OC(C)(C)C(=O)O)cccc21. The summed E-state index contributed by atoms with van der Waals surface area (Å²) in [5.41, 5.74) is 1.59. The molecular formula is C31H32FNO5. The molecule has 7 heteroatoms. The highest BCUT2D eigenvalue weighted by atomic mass is 19.1. The van der Waals surface area contributed by atoms with Crippen molar-refractivity contribution in [1.29, 1.82) is 0 Å². The Balaban J connectivity index is 1.41. The molecule has 198 valence electrons. The third-order valence-electron chi connectivity index (χ3n) is 6.40. The van der Waals surface area contributed by atoms with Crippen LogP contribution in [0.4, 0.5) is 4.39 Å². The van der Waals surface area contributed by atoms with Crippen LogP contribution in [0.5, 0.6) is 11.5 Å². The van der Waals surface area contributed by atoms with E-state index in [4.69, 9.17) is 9.47 Å². The van der Waals surface area contributed by atoms with Crippen LogP contribution in [0.2, 0.25) is 0 Å². The van der Waals surface area contributed by atoms with Gasteiger partial charge in [0.1, 0.15) is 17.3 Å². The number of aryl methyl sites for hydroxylation is 2. The molecule has 0 saturated carbocycles. The van der Waals surface area contributed by atoms with Gasteiger partial charge in [-0.3, -0.25) is 4.79 Å². The smallest absolute Gasteiger partial charge is 0.347 e. The standard InChI is InChI=1S/C31H32FNO5/c1-4-7-22-20-23(29(34)21-10-13-24(32)14-11-21)12-15-27(22)37-19-6-17-33-18-16-25-26(33)8-5-9-28(25)38-31(2,3)30(35)36/h5,8-16,18,20H,4,6-7,17,19H2,1-3H3,(H,35,36). The average molecular weight is 518 g/mol. The third-order valence-corrected chi connectivity index (χ3v) is 6.40. The molecule has 1 aromatic heterocycles. The number of carbonyl (C=O) groups excluding carboxylic acids is 1. The van der Waals surface area contributed by atoms with E-state index in [1.807, 2.05) is 36.5 Å². The highest BCUT2D eigenvalue weighted by Gasteiger charge is 2.30. The number of aliphatic carboxylic acids is 1. The summed E-state index contributed by atoms with van der Waals surface area (Å²) in [6.07, 6.45) is 4.39. The molecule has 0 radical (unpaired) electrons. The molecule has 0 unspecified atom stereocenters. The Morgan fingerprint density at radius 1 is 0.974 bits per heavy atom. The quantitative estimate of drug-likeness (QED) is 0.168. The Morgan fingerprint density at radius 2 is 1.71 bits per heavy atom. The van der Waals surface area contributed by atoms with Crippen molar-refractivity contribution in [3.8, 4) is 11.5 Å². The molecule has 0 aliphatic heterocycles. The van der Waals surface area contributed by atoms with Crippen molar-refractivity contribution in [2.24, 2.45) is 0 Å². The van der Waals surface area contributed by atoms with Crippen LogP contribution >= 0.6 is 0 Å². The molecule has 3 aromatic carbocycles. The number of aromatic nitrogens is 1. The zero-order valence-corrected chi connectivity index (χ0v) is 21.9. The summed E-state index contributed by atoms with van der Waals surface area (Å²) in [4.78, 5) is 24.3. The average Bonchev–Trinajstić information content (AvgIpc) is 3.31. The minimum atomic E-state index is -1.33. The van der Waals surface area contributed by atoms with Gasteiger partial charge in [-0.2, -0.15) is 0 Å². The van der Waals surface area contributed by atoms with Crippen LogP contribution in [-0.2, 0) is 17.8 Å². The monoisotopic (exact) mass is 517 g/mol. The summed E-state index contributed by atoms with van der Waals surface area (Å²) in [6.45, 7) is 6.33. The van der Waals surface area contributed by atoms with E-state index >= 15 is 0 Å². The van der Waals surface area contributed by atoms with E-state index in [9.17, 15) is 19.1 Å². The van der Waals surface area contributed by atoms with Crippen molar-refractivity contribution in [3.63, 3.8) is 0 Å². The number of benzene rings is 3. The third kappa shape index (κ3) is 6.05. The van der Waals surface area contributed by atoms with Crippen LogP contribution in [0.15, 0.2) is 72.9 Å². The lowest BCUT2D eigenvalue weighted by Crippen LogP contribution is -2.37. The summed E-state index contributed by atoms with van der Waals surface area (Å²) < 4.78 is 27.2.